The molecule has 104 valence electrons. The van der Waals surface area contributed by atoms with Crippen LogP contribution >= 0.6 is 0 Å². The second-order valence-electron chi connectivity index (χ2n) is 5.24. The summed E-state index contributed by atoms with van der Waals surface area (Å²) in [6, 6.07) is 1.95. The van der Waals surface area contributed by atoms with Gasteiger partial charge in [0.05, 0.1) is 17.4 Å². The number of amides is 1. The van der Waals surface area contributed by atoms with Crippen LogP contribution in [-0.2, 0) is 0 Å². The molecule has 1 amide bonds. The van der Waals surface area contributed by atoms with Crippen molar-refractivity contribution in [1.29, 1.82) is 0 Å². The van der Waals surface area contributed by atoms with Crippen LogP contribution in [0.2, 0.25) is 0 Å². The highest BCUT2D eigenvalue weighted by Gasteiger charge is 2.28. The van der Waals surface area contributed by atoms with Gasteiger partial charge in [0, 0.05) is 19.1 Å². The van der Waals surface area contributed by atoms with Gasteiger partial charge in [0.15, 0.2) is 0 Å². The quantitative estimate of drug-likeness (QED) is 0.815. The summed E-state index contributed by atoms with van der Waals surface area (Å²) in [5.74, 6) is -0.138. The topological polar surface area (TPSA) is 88.5 Å². The molecule has 1 aromatic heterocycles. The van der Waals surface area contributed by atoms with Gasteiger partial charge >= 0.3 is 0 Å². The van der Waals surface area contributed by atoms with Crippen LogP contribution < -0.4 is 16.4 Å². The third-order valence-corrected chi connectivity index (χ3v) is 3.43. The number of nitrogens with zero attached hydrogens (tertiary/aromatic N) is 3. The Morgan fingerprint density at radius 1 is 1.58 bits per heavy atom. The summed E-state index contributed by atoms with van der Waals surface area (Å²) in [5.41, 5.74) is 12.3. The van der Waals surface area contributed by atoms with E-state index in [9.17, 15) is 4.79 Å². The van der Waals surface area contributed by atoms with Crippen molar-refractivity contribution in [1.82, 2.24) is 9.88 Å². The first-order valence-corrected chi connectivity index (χ1v) is 6.45. The number of anilines is 2. The van der Waals surface area contributed by atoms with E-state index >= 15 is 0 Å². The number of primary amides is 1. The lowest BCUT2D eigenvalue weighted by Crippen LogP contribution is -2.38. The highest BCUT2D eigenvalue weighted by Crippen LogP contribution is 2.29. The molecule has 1 fully saturated rings. The molecular formula is C13H21N5O. The molecule has 2 rings (SSSR count). The Hall–Kier alpha value is -1.82. The average molecular weight is 263 g/mol. The third kappa shape index (κ3) is 2.96. The average Bonchev–Trinajstić information content (AvgIpc) is 2.76. The first-order chi connectivity index (χ1) is 8.99. The fourth-order valence-electron chi connectivity index (χ4n) is 2.65. The molecule has 0 saturated carbocycles. The number of carbonyl (C=O) groups is 1. The molecule has 6 heteroatoms. The van der Waals surface area contributed by atoms with Gasteiger partial charge in [0.2, 0.25) is 0 Å². The number of rotatable bonds is 4. The van der Waals surface area contributed by atoms with Gasteiger partial charge in [0.25, 0.3) is 5.91 Å². The van der Waals surface area contributed by atoms with Crippen molar-refractivity contribution in [3.8, 4) is 0 Å². The number of likely N-dealkylation sites (N-methyl/N-ethyl adjacent to an activating group) is 1. The van der Waals surface area contributed by atoms with E-state index in [1.165, 1.54) is 0 Å². The highest BCUT2D eigenvalue weighted by molar-refractivity contribution is 5.99. The van der Waals surface area contributed by atoms with Gasteiger partial charge in [-0.1, -0.05) is 0 Å². The third-order valence-electron chi connectivity index (χ3n) is 3.43. The SMILES string of the molecule is CN(C)CC1CCCN1c1cnc(N)cc1C(N)=O. The van der Waals surface area contributed by atoms with Crippen LogP contribution in [0.4, 0.5) is 11.5 Å². The van der Waals surface area contributed by atoms with E-state index in [1.807, 2.05) is 14.1 Å². The molecule has 0 spiro atoms. The summed E-state index contributed by atoms with van der Waals surface area (Å²) < 4.78 is 0. The van der Waals surface area contributed by atoms with Gasteiger partial charge in [-0.05, 0) is 33.0 Å². The number of hydrogen-bond donors (Lipinski definition) is 2. The predicted octanol–water partition coefficient (Wildman–Crippen LogP) is 0.293. The molecule has 0 bridgehead atoms. The van der Waals surface area contributed by atoms with Crippen molar-refractivity contribution in [2.75, 3.05) is 37.8 Å². The van der Waals surface area contributed by atoms with E-state index in [0.29, 0.717) is 17.4 Å². The zero-order valence-electron chi connectivity index (χ0n) is 11.5. The lowest BCUT2D eigenvalue weighted by atomic mass is 10.1. The molecule has 0 aliphatic carbocycles. The number of nitrogens with two attached hydrogens (primary N) is 2. The van der Waals surface area contributed by atoms with Gasteiger partial charge in [-0.25, -0.2) is 4.98 Å². The zero-order chi connectivity index (χ0) is 14.0. The molecule has 19 heavy (non-hydrogen) atoms. The van der Waals surface area contributed by atoms with E-state index in [-0.39, 0.29) is 0 Å². The minimum Gasteiger partial charge on any atom is -0.384 e. The molecule has 1 aromatic rings. The first kappa shape index (κ1) is 13.6. The summed E-state index contributed by atoms with van der Waals surface area (Å²) >= 11 is 0. The lowest BCUT2D eigenvalue weighted by molar-refractivity contribution is 0.100. The number of pyridine rings is 1. The number of nitrogen functional groups attached to an aromatic ring is 1. The molecule has 0 radical (unpaired) electrons. The Bertz CT molecular complexity index is 474. The molecule has 1 aliphatic rings. The second kappa shape index (κ2) is 5.44. The molecule has 1 aliphatic heterocycles. The van der Waals surface area contributed by atoms with Crippen molar-refractivity contribution in [3.05, 3.63) is 17.8 Å². The van der Waals surface area contributed by atoms with Crippen LogP contribution in [0.5, 0.6) is 0 Å². The normalized spacial score (nSPS) is 19.1. The summed E-state index contributed by atoms with van der Waals surface area (Å²) in [6.45, 7) is 1.87. The van der Waals surface area contributed by atoms with Crippen LogP contribution in [0.3, 0.4) is 0 Å². The first-order valence-electron chi connectivity index (χ1n) is 6.45. The van der Waals surface area contributed by atoms with E-state index in [4.69, 9.17) is 11.5 Å². The molecule has 6 nitrogen and oxygen atoms in total. The Labute approximate surface area is 113 Å². The molecule has 1 saturated heterocycles. The van der Waals surface area contributed by atoms with Crippen molar-refractivity contribution in [3.63, 3.8) is 0 Å². The summed E-state index contributed by atoms with van der Waals surface area (Å²) in [5, 5.41) is 0. The van der Waals surface area contributed by atoms with Crippen LogP contribution in [-0.4, -0.2) is 49.0 Å². The monoisotopic (exact) mass is 263 g/mol. The fourth-order valence-corrected chi connectivity index (χ4v) is 2.65. The Balaban J connectivity index is 2.32. The maximum absolute atomic E-state index is 11.6. The Morgan fingerprint density at radius 3 is 2.95 bits per heavy atom. The molecule has 1 atom stereocenters. The van der Waals surface area contributed by atoms with Gasteiger partial charge in [0.1, 0.15) is 5.82 Å². The largest absolute Gasteiger partial charge is 0.384 e. The van der Waals surface area contributed by atoms with Gasteiger partial charge in [-0.15, -0.1) is 0 Å². The number of hydrogen-bond acceptors (Lipinski definition) is 5. The van der Waals surface area contributed by atoms with E-state index in [2.05, 4.69) is 14.8 Å². The fraction of sp³-hybridized carbons (Fsp3) is 0.538. The molecular weight excluding hydrogens is 242 g/mol. The second-order valence-corrected chi connectivity index (χ2v) is 5.24. The van der Waals surface area contributed by atoms with Crippen molar-refractivity contribution >= 4 is 17.4 Å². The minimum atomic E-state index is -0.459. The van der Waals surface area contributed by atoms with E-state index in [1.54, 1.807) is 12.3 Å². The van der Waals surface area contributed by atoms with Gasteiger partial charge in [-0.3, -0.25) is 4.79 Å². The van der Waals surface area contributed by atoms with Gasteiger partial charge < -0.3 is 21.3 Å². The van der Waals surface area contributed by atoms with Crippen LogP contribution in [0.1, 0.15) is 23.2 Å². The van der Waals surface area contributed by atoms with Crippen molar-refractivity contribution in [2.45, 2.75) is 18.9 Å². The van der Waals surface area contributed by atoms with Crippen molar-refractivity contribution in [2.24, 2.45) is 5.73 Å². The van der Waals surface area contributed by atoms with Gasteiger partial charge in [-0.2, -0.15) is 0 Å². The summed E-state index contributed by atoms with van der Waals surface area (Å²) in [4.78, 5) is 20.0. The zero-order valence-corrected chi connectivity index (χ0v) is 11.5. The van der Waals surface area contributed by atoms with Crippen LogP contribution in [0, 0.1) is 0 Å². The lowest BCUT2D eigenvalue weighted by Gasteiger charge is -2.30. The van der Waals surface area contributed by atoms with Crippen LogP contribution in [0.15, 0.2) is 12.3 Å². The van der Waals surface area contributed by atoms with E-state index < -0.39 is 5.91 Å². The maximum Gasteiger partial charge on any atom is 0.251 e. The molecule has 1 unspecified atom stereocenters. The number of aromatic nitrogens is 1. The van der Waals surface area contributed by atoms with Crippen molar-refractivity contribution < 1.29 is 4.79 Å². The van der Waals surface area contributed by atoms with Crippen LogP contribution in [0.25, 0.3) is 0 Å². The van der Waals surface area contributed by atoms with E-state index in [0.717, 1.165) is 31.6 Å². The standard InChI is InChI=1S/C13H21N5O/c1-17(2)8-9-4-3-5-18(9)11-7-16-12(14)6-10(11)13(15)19/h6-7,9H,3-5,8H2,1-2H3,(H2,14,16)(H2,15,19). The minimum absolute atomic E-state index is 0.320. The summed E-state index contributed by atoms with van der Waals surface area (Å²) in [6.07, 6.45) is 3.88. The maximum atomic E-state index is 11.6. The smallest absolute Gasteiger partial charge is 0.251 e. The molecule has 4 N–H and O–H groups in total. The Kier molecular flexibility index (Phi) is 3.90. The highest BCUT2D eigenvalue weighted by atomic mass is 16.1. The number of carbonyl (C=O) groups excluding carboxylic acids is 1. The Morgan fingerprint density at radius 2 is 2.32 bits per heavy atom. The molecule has 0 aromatic carbocycles. The molecule has 2 heterocycles. The predicted molar refractivity (Wildman–Crippen MR) is 76.1 cm³/mol. The summed E-state index contributed by atoms with van der Waals surface area (Å²) in [7, 11) is 4.10.